The maximum atomic E-state index is 9.75. The van der Waals surface area contributed by atoms with Crippen molar-refractivity contribution in [2.45, 2.75) is 20.0 Å². The first-order valence-electron chi connectivity index (χ1n) is 9.98. The molecule has 0 amide bonds. The van der Waals surface area contributed by atoms with E-state index in [1.165, 1.54) is 16.7 Å². The molecule has 0 unspecified atom stereocenters. The second kappa shape index (κ2) is 10.1. The lowest BCUT2D eigenvalue weighted by atomic mass is 9.88. The van der Waals surface area contributed by atoms with E-state index in [-0.39, 0.29) is 5.75 Å². The SMILES string of the molecule is CC/C(=C(\c1ccc(O)cc1)c1ccc(COCN(C)C)cc1)c1ccccc1. The second-order valence-corrected chi connectivity index (χ2v) is 7.37. The summed E-state index contributed by atoms with van der Waals surface area (Å²) >= 11 is 0. The van der Waals surface area contributed by atoms with Gasteiger partial charge in [0.25, 0.3) is 0 Å². The van der Waals surface area contributed by atoms with Crippen LogP contribution < -0.4 is 0 Å². The van der Waals surface area contributed by atoms with E-state index in [4.69, 9.17) is 4.74 Å². The molecule has 3 aromatic carbocycles. The summed E-state index contributed by atoms with van der Waals surface area (Å²) in [5.41, 5.74) is 7.11. The minimum absolute atomic E-state index is 0.277. The number of nitrogens with zero attached hydrogens (tertiary/aromatic N) is 1. The Morgan fingerprint density at radius 2 is 1.38 bits per heavy atom. The molecule has 0 fully saturated rings. The topological polar surface area (TPSA) is 32.7 Å². The van der Waals surface area contributed by atoms with E-state index in [1.54, 1.807) is 12.1 Å². The molecule has 0 heterocycles. The van der Waals surface area contributed by atoms with Crippen LogP contribution in [0.4, 0.5) is 0 Å². The molecule has 0 spiro atoms. The van der Waals surface area contributed by atoms with E-state index in [2.05, 4.69) is 55.5 Å². The first kappa shape index (κ1) is 20.8. The minimum Gasteiger partial charge on any atom is -0.508 e. The lowest BCUT2D eigenvalue weighted by Gasteiger charge is -2.17. The van der Waals surface area contributed by atoms with E-state index in [1.807, 2.05) is 37.2 Å². The minimum atomic E-state index is 0.277. The van der Waals surface area contributed by atoms with E-state index in [9.17, 15) is 5.11 Å². The number of aromatic hydroxyl groups is 1. The van der Waals surface area contributed by atoms with Gasteiger partial charge in [0.05, 0.1) is 13.3 Å². The van der Waals surface area contributed by atoms with Crippen LogP contribution in [0.25, 0.3) is 11.1 Å². The number of ether oxygens (including phenoxy) is 1. The second-order valence-electron chi connectivity index (χ2n) is 7.37. The molecular formula is C26H29NO2. The maximum Gasteiger partial charge on any atom is 0.115 e. The van der Waals surface area contributed by atoms with Crippen molar-refractivity contribution in [3.8, 4) is 5.75 Å². The Morgan fingerprint density at radius 3 is 1.93 bits per heavy atom. The highest BCUT2D eigenvalue weighted by atomic mass is 16.5. The monoisotopic (exact) mass is 387 g/mol. The first-order chi connectivity index (χ1) is 14.1. The lowest BCUT2D eigenvalue weighted by Crippen LogP contribution is -2.15. The van der Waals surface area contributed by atoms with Gasteiger partial charge in [-0.3, -0.25) is 4.90 Å². The Labute approximate surface area is 173 Å². The standard InChI is InChI=1S/C26H29NO2/c1-4-25(21-8-6-5-7-9-21)26(23-14-16-24(28)17-15-23)22-12-10-20(11-13-22)18-29-19-27(2)3/h5-17,28H,4,18-19H2,1-3H3/b26-25+. The molecule has 0 aliphatic carbocycles. The van der Waals surface area contributed by atoms with Gasteiger partial charge in [0, 0.05) is 0 Å². The van der Waals surface area contributed by atoms with Gasteiger partial charge in [0.2, 0.25) is 0 Å². The van der Waals surface area contributed by atoms with Crippen molar-refractivity contribution in [1.82, 2.24) is 4.90 Å². The van der Waals surface area contributed by atoms with Gasteiger partial charge < -0.3 is 9.84 Å². The third-order valence-corrected chi connectivity index (χ3v) is 4.79. The van der Waals surface area contributed by atoms with Crippen molar-refractivity contribution in [2.24, 2.45) is 0 Å². The van der Waals surface area contributed by atoms with Crippen LogP contribution in [0.2, 0.25) is 0 Å². The Balaban J connectivity index is 2.02. The van der Waals surface area contributed by atoms with Gasteiger partial charge >= 0.3 is 0 Å². The van der Waals surface area contributed by atoms with E-state index >= 15 is 0 Å². The Morgan fingerprint density at radius 1 is 0.793 bits per heavy atom. The molecule has 0 bridgehead atoms. The number of benzene rings is 3. The molecule has 29 heavy (non-hydrogen) atoms. The Bertz CT molecular complexity index is 927. The zero-order valence-electron chi connectivity index (χ0n) is 17.4. The molecular weight excluding hydrogens is 358 g/mol. The molecule has 0 saturated carbocycles. The fraction of sp³-hybridized carbons (Fsp3) is 0.231. The summed E-state index contributed by atoms with van der Waals surface area (Å²) in [6.45, 7) is 3.39. The maximum absolute atomic E-state index is 9.75. The lowest BCUT2D eigenvalue weighted by molar-refractivity contribution is 0.0451. The molecule has 3 heteroatoms. The summed E-state index contributed by atoms with van der Waals surface area (Å²) in [5.74, 6) is 0.277. The largest absolute Gasteiger partial charge is 0.508 e. The molecule has 0 aromatic heterocycles. The molecule has 0 aliphatic rings. The average molecular weight is 388 g/mol. The zero-order chi connectivity index (χ0) is 20.6. The molecule has 3 nitrogen and oxygen atoms in total. The van der Waals surface area contributed by atoms with Crippen molar-refractivity contribution >= 4 is 11.1 Å². The van der Waals surface area contributed by atoms with Crippen LogP contribution in [0.3, 0.4) is 0 Å². The van der Waals surface area contributed by atoms with Crippen LogP contribution in [-0.2, 0) is 11.3 Å². The van der Waals surface area contributed by atoms with Crippen LogP contribution in [0.1, 0.15) is 35.6 Å². The van der Waals surface area contributed by atoms with Gasteiger partial charge in [0.1, 0.15) is 5.75 Å². The smallest absolute Gasteiger partial charge is 0.115 e. The number of phenolic OH excluding ortho intramolecular Hbond substituents is 1. The number of hydrogen-bond acceptors (Lipinski definition) is 3. The van der Waals surface area contributed by atoms with Gasteiger partial charge in [-0.1, -0.05) is 73.7 Å². The summed E-state index contributed by atoms with van der Waals surface area (Å²) in [7, 11) is 3.99. The summed E-state index contributed by atoms with van der Waals surface area (Å²) in [5, 5.41) is 9.75. The number of phenols is 1. The van der Waals surface area contributed by atoms with Gasteiger partial charge in [-0.15, -0.1) is 0 Å². The van der Waals surface area contributed by atoms with Crippen molar-refractivity contribution in [3.05, 3.63) is 101 Å². The van der Waals surface area contributed by atoms with Crippen LogP contribution in [0, 0.1) is 0 Å². The third-order valence-electron chi connectivity index (χ3n) is 4.79. The molecule has 0 radical (unpaired) electrons. The highest BCUT2D eigenvalue weighted by Gasteiger charge is 2.13. The predicted molar refractivity (Wildman–Crippen MR) is 121 cm³/mol. The number of hydrogen-bond donors (Lipinski definition) is 1. The molecule has 3 aromatic rings. The average Bonchev–Trinajstić information content (AvgIpc) is 2.74. The van der Waals surface area contributed by atoms with Crippen molar-refractivity contribution in [1.29, 1.82) is 0 Å². The first-order valence-corrected chi connectivity index (χ1v) is 9.98. The molecule has 3 rings (SSSR count). The van der Waals surface area contributed by atoms with Crippen LogP contribution in [0.15, 0.2) is 78.9 Å². The quantitative estimate of drug-likeness (QED) is 0.392. The molecule has 0 atom stereocenters. The van der Waals surface area contributed by atoms with Crippen molar-refractivity contribution in [3.63, 3.8) is 0 Å². The van der Waals surface area contributed by atoms with Gasteiger partial charge in [0.15, 0.2) is 0 Å². The zero-order valence-corrected chi connectivity index (χ0v) is 17.4. The van der Waals surface area contributed by atoms with Crippen LogP contribution >= 0.6 is 0 Å². The van der Waals surface area contributed by atoms with E-state index < -0.39 is 0 Å². The van der Waals surface area contributed by atoms with Crippen LogP contribution in [-0.4, -0.2) is 30.8 Å². The predicted octanol–water partition coefficient (Wildman–Crippen LogP) is 5.80. The molecule has 1 N–H and O–H groups in total. The van der Waals surface area contributed by atoms with Gasteiger partial charge in [-0.05, 0) is 66.0 Å². The molecule has 150 valence electrons. The Kier molecular flexibility index (Phi) is 7.23. The van der Waals surface area contributed by atoms with E-state index in [0.29, 0.717) is 13.3 Å². The summed E-state index contributed by atoms with van der Waals surface area (Å²) in [4.78, 5) is 2.01. The highest BCUT2D eigenvalue weighted by molar-refractivity contribution is 5.98. The summed E-state index contributed by atoms with van der Waals surface area (Å²) in [6.07, 6.45) is 0.911. The fourth-order valence-electron chi connectivity index (χ4n) is 3.42. The molecule has 0 aliphatic heterocycles. The summed E-state index contributed by atoms with van der Waals surface area (Å²) < 4.78 is 5.70. The Hall–Kier alpha value is -2.88. The van der Waals surface area contributed by atoms with Crippen molar-refractivity contribution in [2.75, 3.05) is 20.8 Å². The van der Waals surface area contributed by atoms with Crippen molar-refractivity contribution < 1.29 is 9.84 Å². The summed E-state index contributed by atoms with van der Waals surface area (Å²) in [6, 6.07) is 26.5. The molecule has 0 saturated heterocycles. The number of allylic oxidation sites excluding steroid dienone is 1. The van der Waals surface area contributed by atoms with Gasteiger partial charge in [-0.25, -0.2) is 0 Å². The normalized spacial score (nSPS) is 12.1. The van der Waals surface area contributed by atoms with Gasteiger partial charge in [-0.2, -0.15) is 0 Å². The number of rotatable bonds is 8. The fourth-order valence-corrected chi connectivity index (χ4v) is 3.42. The van der Waals surface area contributed by atoms with Crippen LogP contribution in [0.5, 0.6) is 5.75 Å². The highest BCUT2D eigenvalue weighted by Crippen LogP contribution is 2.35. The third kappa shape index (κ3) is 5.57. The van der Waals surface area contributed by atoms with E-state index in [0.717, 1.165) is 23.1 Å².